The molecule has 0 fully saturated rings. The van der Waals surface area contributed by atoms with E-state index in [1.807, 2.05) is 26.0 Å². The van der Waals surface area contributed by atoms with Crippen molar-refractivity contribution in [3.63, 3.8) is 0 Å². The highest BCUT2D eigenvalue weighted by Crippen LogP contribution is 2.29. The zero-order valence-electron chi connectivity index (χ0n) is 19.1. The second-order valence-corrected chi connectivity index (χ2v) is 9.07. The molecule has 0 spiro atoms. The van der Waals surface area contributed by atoms with Crippen molar-refractivity contribution in [3.05, 3.63) is 77.9 Å². The van der Waals surface area contributed by atoms with E-state index < -0.39 is 26.5 Å². The molecular weight excluding hydrogens is 480 g/mol. The molecule has 0 aromatic heterocycles. The monoisotopic (exact) mass is 503 g/mol. The maximum atomic E-state index is 12.7. The van der Waals surface area contributed by atoms with Crippen molar-refractivity contribution in [2.75, 3.05) is 17.7 Å². The molecule has 0 atom stereocenters. The summed E-state index contributed by atoms with van der Waals surface area (Å²) in [6.45, 7) is 3.87. The Kier molecular flexibility index (Phi) is 9.63. The fraction of sp³-hybridized carbons (Fsp3) is 0.167. The van der Waals surface area contributed by atoms with E-state index in [4.69, 9.17) is 4.74 Å². The van der Waals surface area contributed by atoms with Gasteiger partial charge in [0.25, 0.3) is 0 Å². The molecule has 8 nitrogen and oxygen atoms in total. The van der Waals surface area contributed by atoms with Gasteiger partial charge in [-0.15, -0.1) is 0 Å². The van der Waals surface area contributed by atoms with Crippen molar-refractivity contribution >= 4 is 39.0 Å². The van der Waals surface area contributed by atoms with Crippen molar-refractivity contribution in [1.82, 2.24) is 0 Å². The van der Waals surface area contributed by atoms with Gasteiger partial charge in [0.2, 0.25) is 15.9 Å². The van der Waals surface area contributed by atoms with Gasteiger partial charge in [0.1, 0.15) is 5.75 Å². The third-order valence-corrected chi connectivity index (χ3v) is 5.88. The van der Waals surface area contributed by atoms with E-state index in [-0.39, 0.29) is 11.4 Å². The number of aryl methyl sites for hydroxylation is 2. The van der Waals surface area contributed by atoms with Gasteiger partial charge in [0.15, 0.2) is 0 Å². The molecule has 11 heteroatoms. The number of nitrogens with zero attached hydrogens (tertiary/aromatic N) is 1. The zero-order valence-corrected chi connectivity index (χ0v) is 19.9. The van der Waals surface area contributed by atoms with Crippen LogP contribution in [-0.4, -0.2) is 33.4 Å². The molecular formula is C24H23F2N3O5S. The second-order valence-electron chi connectivity index (χ2n) is 7.15. The number of halogens is 2. The molecule has 0 aliphatic carbocycles. The molecule has 2 amide bonds. The van der Waals surface area contributed by atoms with Crippen LogP contribution in [0, 0.1) is 13.8 Å². The molecule has 3 aromatic carbocycles. The fourth-order valence-electron chi connectivity index (χ4n) is 2.66. The number of methoxy groups -OCH3 is 1. The van der Waals surface area contributed by atoms with E-state index in [9.17, 15) is 26.8 Å². The highest BCUT2D eigenvalue weighted by molar-refractivity contribution is 7.91. The molecule has 0 heterocycles. The summed E-state index contributed by atoms with van der Waals surface area (Å²) in [4.78, 5) is 24.6. The Morgan fingerprint density at radius 3 is 2.03 bits per heavy atom. The van der Waals surface area contributed by atoms with Gasteiger partial charge in [-0.25, -0.2) is 18.0 Å². The first kappa shape index (κ1) is 27.2. The number of urea groups is 1. The van der Waals surface area contributed by atoms with Crippen LogP contribution in [0.1, 0.15) is 11.1 Å². The zero-order chi connectivity index (χ0) is 26.0. The summed E-state index contributed by atoms with van der Waals surface area (Å²) in [7, 11) is -3.48. The molecule has 3 rings (SSSR count). The van der Waals surface area contributed by atoms with Crippen molar-refractivity contribution in [2.24, 2.45) is 4.99 Å². The standard InChI is InChI=1S/C16H16F2N2O4S.C8H7NO/c1-10-3-5-11(6-4-10)19-16(21)20-13-9-12(7-8-14(13)24-2)25(22,23)15(17)18;1-7-2-4-8(5-3-7)9-6-10/h3-9,15H,1-2H3,(H2,19,20,21);2-5H,1H3. The number of anilines is 2. The average Bonchev–Trinajstić information content (AvgIpc) is 2.82. The van der Waals surface area contributed by atoms with Crippen LogP contribution in [0.3, 0.4) is 0 Å². The average molecular weight is 504 g/mol. The van der Waals surface area contributed by atoms with Crippen LogP contribution >= 0.6 is 0 Å². The molecule has 0 radical (unpaired) electrons. The first-order valence-corrected chi connectivity index (χ1v) is 11.6. The minimum absolute atomic E-state index is 0.0474. The number of carbonyl (C=O) groups is 1. The topological polar surface area (TPSA) is 114 Å². The summed E-state index contributed by atoms with van der Waals surface area (Å²) in [5, 5.41) is 4.94. The number of rotatable bonds is 6. The lowest BCUT2D eigenvalue weighted by Gasteiger charge is -2.13. The van der Waals surface area contributed by atoms with Crippen LogP contribution in [0.2, 0.25) is 0 Å². The molecule has 0 saturated heterocycles. The van der Waals surface area contributed by atoms with Crippen LogP contribution < -0.4 is 15.4 Å². The summed E-state index contributed by atoms with van der Waals surface area (Å²) in [6.07, 6.45) is 1.48. The number of nitrogens with one attached hydrogen (secondary N) is 2. The van der Waals surface area contributed by atoms with Crippen LogP contribution in [0.25, 0.3) is 0 Å². The van der Waals surface area contributed by atoms with Crippen LogP contribution in [-0.2, 0) is 14.6 Å². The number of aliphatic imine (C=N–C) groups is 1. The number of amides is 2. The summed E-state index contributed by atoms with van der Waals surface area (Å²) in [6, 6.07) is 16.8. The Hall–Kier alpha value is -4.08. The lowest BCUT2D eigenvalue weighted by atomic mass is 10.2. The number of carbonyl (C=O) groups excluding carboxylic acids is 2. The second kappa shape index (κ2) is 12.4. The number of isocyanates is 1. The molecule has 2 N–H and O–H groups in total. The number of benzene rings is 3. The first-order chi connectivity index (χ1) is 16.6. The predicted molar refractivity (Wildman–Crippen MR) is 129 cm³/mol. The van der Waals surface area contributed by atoms with Crippen LogP contribution in [0.4, 0.5) is 30.6 Å². The molecule has 0 unspecified atom stereocenters. The minimum Gasteiger partial charge on any atom is -0.495 e. The van der Waals surface area contributed by atoms with Gasteiger partial charge in [-0.3, -0.25) is 0 Å². The van der Waals surface area contributed by atoms with Crippen LogP contribution in [0.5, 0.6) is 5.75 Å². The maximum absolute atomic E-state index is 12.7. The summed E-state index contributed by atoms with van der Waals surface area (Å²) in [5.41, 5.74) is 3.29. The molecule has 0 aliphatic heterocycles. The van der Waals surface area contributed by atoms with Crippen LogP contribution in [0.15, 0.2) is 76.6 Å². The quantitative estimate of drug-likeness (QED) is 0.335. The molecule has 0 aliphatic rings. The molecule has 0 saturated carbocycles. The Morgan fingerprint density at radius 1 is 0.943 bits per heavy atom. The Bertz CT molecular complexity index is 1310. The smallest absolute Gasteiger partial charge is 0.341 e. The predicted octanol–water partition coefficient (Wildman–Crippen LogP) is 5.61. The van der Waals surface area contributed by atoms with Crippen molar-refractivity contribution in [1.29, 1.82) is 0 Å². The number of alkyl halides is 2. The van der Waals surface area contributed by atoms with E-state index in [2.05, 4.69) is 15.6 Å². The highest BCUT2D eigenvalue weighted by Gasteiger charge is 2.27. The Balaban J connectivity index is 0.000000360. The van der Waals surface area contributed by atoms with E-state index in [0.717, 1.165) is 23.3 Å². The summed E-state index contributed by atoms with van der Waals surface area (Å²) < 4.78 is 53.5. The van der Waals surface area contributed by atoms with Gasteiger partial charge < -0.3 is 15.4 Å². The molecule has 184 valence electrons. The van der Waals surface area contributed by atoms with E-state index >= 15 is 0 Å². The fourth-order valence-corrected chi connectivity index (χ4v) is 3.40. The summed E-state index contributed by atoms with van der Waals surface area (Å²) in [5.74, 6) is -3.43. The van der Waals surface area contributed by atoms with E-state index in [0.29, 0.717) is 11.4 Å². The van der Waals surface area contributed by atoms with Gasteiger partial charge in [0.05, 0.1) is 23.4 Å². The third-order valence-electron chi connectivity index (χ3n) is 4.50. The van der Waals surface area contributed by atoms with Crippen molar-refractivity contribution < 1.29 is 31.5 Å². The minimum atomic E-state index is -4.78. The normalized spacial score (nSPS) is 10.5. The van der Waals surface area contributed by atoms with Gasteiger partial charge in [0, 0.05) is 5.69 Å². The van der Waals surface area contributed by atoms with Gasteiger partial charge >= 0.3 is 11.8 Å². The SMILES string of the molecule is COc1ccc(S(=O)(=O)C(F)F)cc1NC(=O)Nc1ccc(C)cc1.Cc1ccc(N=C=O)cc1. The van der Waals surface area contributed by atoms with Crippen molar-refractivity contribution in [2.45, 2.75) is 24.5 Å². The van der Waals surface area contributed by atoms with Gasteiger partial charge in [-0.2, -0.15) is 13.8 Å². The maximum Gasteiger partial charge on any atom is 0.341 e. The number of ether oxygens (including phenoxy) is 1. The summed E-state index contributed by atoms with van der Waals surface area (Å²) >= 11 is 0. The van der Waals surface area contributed by atoms with Gasteiger partial charge in [-0.05, 0) is 56.3 Å². The lowest BCUT2D eigenvalue weighted by Crippen LogP contribution is -2.20. The Morgan fingerprint density at radius 2 is 1.51 bits per heavy atom. The van der Waals surface area contributed by atoms with Crippen molar-refractivity contribution in [3.8, 4) is 5.75 Å². The number of hydrogen-bond donors (Lipinski definition) is 2. The Labute approximate surface area is 201 Å². The number of sulfone groups is 1. The molecule has 0 bridgehead atoms. The molecule has 35 heavy (non-hydrogen) atoms. The first-order valence-electron chi connectivity index (χ1n) is 10.1. The largest absolute Gasteiger partial charge is 0.495 e. The third kappa shape index (κ3) is 8.02. The van der Waals surface area contributed by atoms with E-state index in [1.54, 1.807) is 36.4 Å². The highest BCUT2D eigenvalue weighted by atomic mass is 32.2. The molecule has 3 aromatic rings. The lowest BCUT2D eigenvalue weighted by molar-refractivity contribution is 0.234. The van der Waals surface area contributed by atoms with Gasteiger partial charge in [-0.1, -0.05) is 35.4 Å². The van der Waals surface area contributed by atoms with E-state index in [1.165, 1.54) is 19.3 Å². The number of hydrogen-bond acceptors (Lipinski definition) is 6.